The van der Waals surface area contributed by atoms with Gasteiger partial charge < -0.3 is 10.2 Å². The maximum Gasteiger partial charge on any atom is 0.242 e. The number of amides is 2. The first-order valence-corrected chi connectivity index (χ1v) is 10.2. The van der Waals surface area contributed by atoms with Crippen LogP contribution in [0.25, 0.3) is 0 Å². The third kappa shape index (κ3) is 6.68. The van der Waals surface area contributed by atoms with E-state index in [2.05, 4.69) is 12.2 Å². The lowest BCUT2D eigenvalue weighted by molar-refractivity contribution is -0.140. The SMILES string of the molecule is CCCCNC(=O)[C@@H](C)N(Cc1cccc(C)c1)C(=O)Cc1cccc(Cl)c1. The maximum atomic E-state index is 13.1. The molecule has 0 aliphatic carbocycles. The van der Waals surface area contributed by atoms with Crippen molar-refractivity contribution in [1.82, 2.24) is 10.2 Å². The average molecular weight is 401 g/mol. The molecule has 0 unspecified atom stereocenters. The van der Waals surface area contributed by atoms with Gasteiger partial charge in [-0.1, -0.05) is 66.9 Å². The molecule has 0 saturated heterocycles. The molecule has 4 nitrogen and oxygen atoms in total. The smallest absolute Gasteiger partial charge is 0.242 e. The van der Waals surface area contributed by atoms with Gasteiger partial charge in [-0.15, -0.1) is 0 Å². The van der Waals surface area contributed by atoms with E-state index in [4.69, 9.17) is 11.6 Å². The fraction of sp³-hybridized carbons (Fsp3) is 0.391. The van der Waals surface area contributed by atoms with Crippen LogP contribution >= 0.6 is 11.6 Å². The first kappa shape index (κ1) is 22.0. The molecule has 1 N–H and O–H groups in total. The Hall–Kier alpha value is -2.33. The van der Waals surface area contributed by atoms with Crippen molar-refractivity contribution in [2.24, 2.45) is 0 Å². The Kier molecular flexibility index (Phi) is 8.52. The first-order chi connectivity index (χ1) is 13.4. The molecule has 2 amide bonds. The minimum atomic E-state index is -0.552. The molecule has 0 bridgehead atoms. The number of nitrogens with one attached hydrogen (secondary N) is 1. The monoisotopic (exact) mass is 400 g/mol. The number of benzene rings is 2. The van der Waals surface area contributed by atoms with E-state index in [0.29, 0.717) is 18.1 Å². The van der Waals surface area contributed by atoms with Crippen LogP contribution in [-0.2, 0) is 22.6 Å². The van der Waals surface area contributed by atoms with Crippen LogP contribution in [-0.4, -0.2) is 29.3 Å². The van der Waals surface area contributed by atoms with Gasteiger partial charge in [0.05, 0.1) is 6.42 Å². The molecule has 0 spiro atoms. The minimum absolute atomic E-state index is 0.0954. The lowest BCUT2D eigenvalue weighted by Gasteiger charge is -2.29. The van der Waals surface area contributed by atoms with Crippen LogP contribution in [0.2, 0.25) is 5.02 Å². The molecular formula is C23H29ClN2O2. The van der Waals surface area contributed by atoms with Crippen molar-refractivity contribution < 1.29 is 9.59 Å². The van der Waals surface area contributed by atoms with E-state index < -0.39 is 6.04 Å². The van der Waals surface area contributed by atoms with Crippen LogP contribution in [0.3, 0.4) is 0 Å². The number of nitrogens with zero attached hydrogens (tertiary/aromatic N) is 1. The summed E-state index contributed by atoms with van der Waals surface area (Å²) < 4.78 is 0. The number of aryl methyl sites for hydroxylation is 1. The molecule has 1 atom stereocenters. The molecule has 2 aromatic rings. The van der Waals surface area contributed by atoms with E-state index >= 15 is 0 Å². The van der Waals surface area contributed by atoms with Crippen molar-refractivity contribution >= 4 is 23.4 Å². The van der Waals surface area contributed by atoms with E-state index in [0.717, 1.165) is 29.5 Å². The van der Waals surface area contributed by atoms with Gasteiger partial charge in [0.2, 0.25) is 11.8 Å². The molecule has 150 valence electrons. The molecule has 0 saturated carbocycles. The number of unbranched alkanes of at least 4 members (excludes halogenated alkanes) is 1. The van der Waals surface area contributed by atoms with Crippen LogP contribution in [0, 0.1) is 6.92 Å². The topological polar surface area (TPSA) is 49.4 Å². The zero-order valence-corrected chi connectivity index (χ0v) is 17.6. The van der Waals surface area contributed by atoms with Crippen LogP contribution in [0.5, 0.6) is 0 Å². The van der Waals surface area contributed by atoms with Gasteiger partial charge in [-0.25, -0.2) is 0 Å². The highest BCUT2D eigenvalue weighted by atomic mass is 35.5. The zero-order chi connectivity index (χ0) is 20.5. The number of halogens is 1. The lowest BCUT2D eigenvalue weighted by Crippen LogP contribution is -2.48. The number of carbonyl (C=O) groups is 2. The molecular weight excluding hydrogens is 372 g/mol. The quantitative estimate of drug-likeness (QED) is 0.629. The number of hydrogen-bond acceptors (Lipinski definition) is 2. The first-order valence-electron chi connectivity index (χ1n) is 9.78. The summed E-state index contributed by atoms with van der Waals surface area (Å²) in [6.45, 7) is 6.90. The molecule has 0 aliphatic rings. The van der Waals surface area contributed by atoms with Gasteiger partial charge in [0.15, 0.2) is 0 Å². The Morgan fingerprint density at radius 3 is 2.50 bits per heavy atom. The second-order valence-electron chi connectivity index (χ2n) is 7.14. The predicted octanol–water partition coefficient (Wildman–Crippen LogP) is 4.52. The van der Waals surface area contributed by atoms with Crippen molar-refractivity contribution in [2.45, 2.75) is 52.6 Å². The molecule has 0 fully saturated rings. The van der Waals surface area contributed by atoms with Crippen molar-refractivity contribution in [3.05, 3.63) is 70.2 Å². The highest BCUT2D eigenvalue weighted by molar-refractivity contribution is 6.30. The molecule has 2 rings (SSSR count). The van der Waals surface area contributed by atoms with Gasteiger partial charge in [0.25, 0.3) is 0 Å². The predicted molar refractivity (Wildman–Crippen MR) is 114 cm³/mol. The second-order valence-corrected chi connectivity index (χ2v) is 7.57. The molecule has 5 heteroatoms. The van der Waals surface area contributed by atoms with Crippen LogP contribution in [0.15, 0.2) is 48.5 Å². The van der Waals surface area contributed by atoms with Gasteiger partial charge >= 0.3 is 0 Å². The summed E-state index contributed by atoms with van der Waals surface area (Å²) >= 11 is 6.05. The molecule has 28 heavy (non-hydrogen) atoms. The molecule has 2 aromatic carbocycles. The van der Waals surface area contributed by atoms with Gasteiger partial charge in [-0.05, 0) is 43.5 Å². The summed E-state index contributed by atoms with van der Waals surface area (Å²) in [5.41, 5.74) is 2.97. The summed E-state index contributed by atoms with van der Waals surface area (Å²) in [5, 5.41) is 3.53. The normalized spacial score (nSPS) is 11.7. The third-order valence-electron chi connectivity index (χ3n) is 4.68. The Bertz CT molecular complexity index is 807. The Balaban J connectivity index is 2.18. The summed E-state index contributed by atoms with van der Waals surface area (Å²) in [6, 6.07) is 14.7. The summed E-state index contributed by atoms with van der Waals surface area (Å²) in [4.78, 5) is 27.3. The summed E-state index contributed by atoms with van der Waals surface area (Å²) in [5.74, 6) is -0.220. The maximum absolute atomic E-state index is 13.1. The van der Waals surface area contributed by atoms with Crippen molar-refractivity contribution in [1.29, 1.82) is 0 Å². The number of hydrogen-bond donors (Lipinski definition) is 1. The van der Waals surface area contributed by atoms with Crippen LogP contribution in [0.1, 0.15) is 43.4 Å². The van der Waals surface area contributed by atoms with E-state index in [1.54, 1.807) is 24.0 Å². The van der Waals surface area contributed by atoms with Crippen molar-refractivity contribution in [2.75, 3.05) is 6.54 Å². The fourth-order valence-corrected chi connectivity index (χ4v) is 3.26. The molecule has 0 aliphatic heterocycles. The second kappa shape index (κ2) is 10.9. The van der Waals surface area contributed by atoms with E-state index in [9.17, 15) is 9.59 Å². The largest absolute Gasteiger partial charge is 0.354 e. The summed E-state index contributed by atoms with van der Waals surface area (Å²) in [6.07, 6.45) is 2.14. The van der Waals surface area contributed by atoms with E-state index in [1.807, 2.05) is 43.3 Å². The Morgan fingerprint density at radius 2 is 1.82 bits per heavy atom. The summed E-state index contributed by atoms with van der Waals surface area (Å²) in [7, 11) is 0. The zero-order valence-electron chi connectivity index (χ0n) is 16.9. The van der Waals surface area contributed by atoms with Gasteiger partial charge in [-0.2, -0.15) is 0 Å². The van der Waals surface area contributed by atoms with Crippen LogP contribution in [0.4, 0.5) is 0 Å². The van der Waals surface area contributed by atoms with E-state index in [-0.39, 0.29) is 18.2 Å². The molecule has 0 radical (unpaired) electrons. The van der Waals surface area contributed by atoms with Gasteiger partial charge in [0, 0.05) is 18.1 Å². The highest BCUT2D eigenvalue weighted by Gasteiger charge is 2.26. The molecule has 0 aromatic heterocycles. The van der Waals surface area contributed by atoms with Crippen molar-refractivity contribution in [3.8, 4) is 0 Å². The Morgan fingerprint density at radius 1 is 1.11 bits per heavy atom. The van der Waals surface area contributed by atoms with Crippen molar-refractivity contribution in [3.63, 3.8) is 0 Å². The number of carbonyl (C=O) groups excluding carboxylic acids is 2. The molecule has 0 heterocycles. The Labute approximate surface area is 172 Å². The minimum Gasteiger partial charge on any atom is -0.354 e. The third-order valence-corrected chi connectivity index (χ3v) is 4.91. The van der Waals surface area contributed by atoms with E-state index in [1.165, 1.54) is 0 Å². The van der Waals surface area contributed by atoms with Crippen LogP contribution < -0.4 is 5.32 Å². The average Bonchev–Trinajstić information content (AvgIpc) is 2.65. The van der Waals surface area contributed by atoms with Gasteiger partial charge in [0.1, 0.15) is 6.04 Å². The van der Waals surface area contributed by atoms with Gasteiger partial charge in [-0.3, -0.25) is 9.59 Å². The lowest BCUT2D eigenvalue weighted by atomic mass is 10.1. The standard InChI is InChI=1S/C23H29ClN2O2/c1-4-5-12-25-23(28)18(3)26(16-20-10-6-8-17(2)13-20)22(27)15-19-9-7-11-21(24)14-19/h6-11,13-14,18H,4-5,12,15-16H2,1-3H3,(H,25,28)/t18-/m1/s1. The number of rotatable bonds is 9. The fourth-order valence-electron chi connectivity index (χ4n) is 3.05. The highest BCUT2D eigenvalue weighted by Crippen LogP contribution is 2.16.